The molecule has 0 radical (unpaired) electrons. The Morgan fingerprint density at radius 2 is 1.43 bits per heavy atom. The van der Waals surface area contributed by atoms with Crippen molar-refractivity contribution in [2.24, 2.45) is 46.3 Å². The first-order chi connectivity index (χ1) is 40.9. The van der Waals surface area contributed by atoms with Gasteiger partial charge in [0.05, 0.1) is 50.8 Å². The molecule has 3 aliphatic rings. The van der Waals surface area contributed by atoms with Crippen molar-refractivity contribution in [1.29, 1.82) is 0 Å². The van der Waals surface area contributed by atoms with Crippen molar-refractivity contribution < 1.29 is 67.1 Å². The molecule has 21 nitrogen and oxygen atoms in total. The van der Waals surface area contributed by atoms with E-state index in [9.17, 15) is 43.5 Å². The SMILES string of the molecule is COC1C(OC(=O)C[C@@H](COC(=O)NCCCCCCNC(=O)CNC(=O)[C@H](CC(C)C)NC(=O)[C@H](Cc2ccccc2)NC(=O)CNC(=O)C(C)(CC(C)(CC(C)C)C(=O)NCC(C)O)C(C)C)C(C)C)CC[C@]2(CO2)C1C1(C)O[C@@H]1CC=C(C)C. The van der Waals surface area contributed by atoms with Crippen molar-refractivity contribution in [1.82, 2.24) is 37.2 Å². The Balaban J connectivity index is 1.18. The number of hydrogen-bond acceptors (Lipinski definition) is 14. The Morgan fingerprint density at radius 3 is 2.00 bits per heavy atom. The lowest BCUT2D eigenvalue weighted by atomic mass is 9.64. The van der Waals surface area contributed by atoms with Crippen LogP contribution < -0.4 is 37.2 Å². The van der Waals surface area contributed by atoms with E-state index < -0.39 is 82.9 Å². The number of aliphatic hydroxyl groups is 1. The zero-order chi connectivity index (χ0) is 64.9. The Hall–Kier alpha value is -5.64. The van der Waals surface area contributed by atoms with Gasteiger partial charge in [0.15, 0.2) is 0 Å². The molecule has 1 saturated carbocycles. The van der Waals surface area contributed by atoms with E-state index in [0.717, 1.165) is 31.2 Å². The highest BCUT2D eigenvalue weighted by molar-refractivity contribution is 5.95. The molecule has 2 saturated heterocycles. The summed E-state index contributed by atoms with van der Waals surface area (Å²) in [7, 11) is 1.65. The van der Waals surface area contributed by atoms with Crippen molar-refractivity contribution in [3.05, 3.63) is 47.5 Å². The number of epoxide rings is 2. The van der Waals surface area contributed by atoms with E-state index in [1.807, 2.05) is 80.5 Å². The largest absolute Gasteiger partial charge is 0.460 e. The van der Waals surface area contributed by atoms with Crippen molar-refractivity contribution in [3.63, 3.8) is 0 Å². The van der Waals surface area contributed by atoms with Gasteiger partial charge in [-0.25, -0.2) is 4.79 Å². The molecule has 8 N–H and O–H groups in total. The van der Waals surface area contributed by atoms with Gasteiger partial charge in [-0.2, -0.15) is 0 Å². The molecule has 4 rings (SSSR count). The van der Waals surface area contributed by atoms with Crippen LogP contribution in [-0.2, 0) is 63.7 Å². The monoisotopic (exact) mass is 1220 g/mol. The minimum absolute atomic E-state index is 0.0362. The highest BCUT2D eigenvalue weighted by atomic mass is 16.6. The predicted molar refractivity (Wildman–Crippen MR) is 332 cm³/mol. The van der Waals surface area contributed by atoms with Gasteiger partial charge in [0.2, 0.25) is 35.4 Å². The third kappa shape index (κ3) is 23.4. The van der Waals surface area contributed by atoms with Crippen LogP contribution in [0.3, 0.4) is 0 Å². The number of aliphatic hydroxyl groups excluding tert-OH is 1. The van der Waals surface area contributed by atoms with Gasteiger partial charge in [0.25, 0.3) is 0 Å². The second-order valence-electron chi connectivity index (χ2n) is 27.3. The molecule has 1 spiro atoms. The summed E-state index contributed by atoms with van der Waals surface area (Å²) in [6, 6.07) is 6.88. The van der Waals surface area contributed by atoms with Crippen molar-refractivity contribution in [2.45, 2.75) is 222 Å². The number of nitrogens with one attached hydrogen (secondary N) is 7. The quantitative estimate of drug-likeness (QED) is 0.0147. The number of ether oxygens (including phenoxy) is 5. The summed E-state index contributed by atoms with van der Waals surface area (Å²) in [5.74, 6) is -3.75. The number of carbonyl (C=O) groups excluding carboxylic acids is 8. The van der Waals surface area contributed by atoms with E-state index in [2.05, 4.69) is 64.1 Å². The molecule has 1 aromatic rings. The molecule has 21 heteroatoms. The molecule has 7 unspecified atom stereocenters. The van der Waals surface area contributed by atoms with E-state index in [4.69, 9.17) is 23.7 Å². The number of methoxy groups -OCH3 is 1. The molecule has 2 heterocycles. The molecular weight excluding hydrogens is 1110 g/mol. The van der Waals surface area contributed by atoms with Crippen molar-refractivity contribution >= 4 is 47.5 Å². The van der Waals surface area contributed by atoms with Crippen LogP contribution in [0.2, 0.25) is 0 Å². The van der Waals surface area contributed by atoms with E-state index in [1.165, 1.54) is 5.57 Å². The van der Waals surface area contributed by atoms with Gasteiger partial charge in [-0.05, 0) is 108 Å². The van der Waals surface area contributed by atoms with E-state index >= 15 is 0 Å². The number of unbranched alkanes of at least 4 members (excludes halogenated alkanes) is 3. The van der Waals surface area contributed by atoms with Crippen LogP contribution >= 0.6 is 0 Å². The molecule has 0 bridgehead atoms. The van der Waals surface area contributed by atoms with Gasteiger partial charge >= 0.3 is 12.1 Å². The Morgan fingerprint density at radius 1 is 0.782 bits per heavy atom. The first-order valence-electron chi connectivity index (χ1n) is 31.9. The van der Waals surface area contributed by atoms with Crippen molar-refractivity contribution in [2.75, 3.05) is 53.0 Å². The molecule has 1 aliphatic carbocycles. The lowest BCUT2D eigenvalue weighted by Crippen LogP contribution is -2.56. The standard InChI is InChI=1S/C66H109N7O14/c1-41(2)25-26-52-65(14,87-52)57-56(83-15)51(27-28-66(57)40-85-66)86-55(77)33-48(44(7)8)38-84-62(82)68-30-22-17-16-21-29-67-53(75)36-69-58(78)49(31-42(3)4)73-59(79)50(32-47-23-19-18-20-24-47)72-54(76)37-71-61(81)64(13,45(9)10)39-63(12,34-43(5)6)60(80)70-35-46(11)74/h18-20,23-25,42-46,48-52,56-57,74H,16-17,21-22,26-40H2,1-15H3,(H,67,75)(H,68,82)(H,69,78)(H,70,80)(H,71,81)(H,72,76)(H,73,79)/t46?,48-,49-,50-,51?,52+,56?,57?,63?,64?,65?,66-/m0/s1. The first-order valence-corrected chi connectivity index (χ1v) is 31.9. The lowest BCUT2D eigenvalue weighted by Gasteiger charge is -2.42. The Labute approximate surface area is 518 Å². The zero-order valence-corrected chi connectivity index (χ0v) is 55.1. The summed E-state index contributed by atoms with van der Waals surface area (Å²) in [6.07, 6.45) is 6.17. The number of rotatable bonds is 38. The average Bonchev–Trinajstić information content (AvgIpc) is 1.54. The smallest absolute Gasteiger partial charge is 0.407 e. The van der Waals surface area contributed by atoms with Crippen LogP contribution in [0.25, 0.3) is 0 Å². The molecular formula is C66H109N7O14. The van der Waals surface area contributed by atoms with Crippen LogP contribution in [0.15, 0.2) is 42.0 Å². The van der Waals surface area contributed by atoms with Crippen molar-refractivity contribution in [3.8, 4) is 0 Å². The Kier molecular flexibility index (Phi) is 29.2. The second-order valence-corrected chi connectivity index (χ2v) is 27.3. The number of amides is 7. The van der Waals surface area contributed by atoms with Gasteiger partial charge in [-0.1, -0.05) is 124 Å². The summed E-state index contributed by atoms with van der Waals surface area (Å²) >= 11 is 0. The summed E-state index contributed by atoms with van der Waals surface area (Å²) in [5.41, 5.74) is -0.856. The van der Waals surface area contributed by atoms with Gasteiger partial charge in [0.1, 0.15) is 35.5 Å². The number of hydrogen-bond donors (Lipinski definition) is 8. The lowest BCUT2D eigenvalue weighted by molar-refractivity contribution is -0.173. The number of carbonyl (C=O) groups is 8. The van der Waals surface area contributed by atoms with Crippen LogP contribution in [0.5, 0.6) is 0 Å². The highest BCUT2D eigenvalue weighted by Crippen LogP contribution is 2.59. The minimum Gasteiger partial charge on any atom is -0.460 e. The van der Waals surface area contributed by atoms with Crippen LogP contribution in [0.4, 0.5) is 4.79 Å². The van der Waals surface area contributed by atoms with Gasteiger partial charge in [0, 0.05) is 49.9 Å². The number of esters is 1. The zero-order valence-electron chi connectivity index (χ0n) is 55.1. The van der Waals surface area contributed by atoms with E-state index in [-0.39, 0.29) is 111 Å². The van der Waals surface area contributed by atoms with Gasteiger partial charge in [-0.15, -0.1) is 0 Å². The van der Waals surface area contributed by atoms with Crippen LogP contribution in [0, 0.1) is 46.3 Å². The molecule has 3 fully saturated rings. The fourth-order valence-electron chi connectivity index (χ4n) is 12.2. The maximum atomic E-state index is 14.1. The molecule has 492 valence electrons. The maximum Gasteiger partial charge on any atom is 0.407 e. The third-order valence-corrected chi connectivity index (χ3v) is 17.6. The molecule has 1 aromatic carbocycles. The first kappa shape index (κ1) is 73.8. The topological polar surface area (TPSA) is 294 Å². The van der Waals surface area contributed by atoms with E-state index in [0.29, 0.717) is 45.4 Å². The second kappa shape index (κ2) is 34.4. The minimum atomic E-state index is -1.14. The average molecular weight is 1220 g/mol. The molecule has 12 atom stereocenters. The summed E-state index contributed by atoms with van der Waals surface area (Å²) in [6.45, 7) is 27.7. The number of alkyl carbamates (subject to hydrolysis) is 1. The van der Waals surface area contributed by atoms with E-state index in [1.54, 1.807) is 33.1 Å². The fourth-order valence-corrected chi connectivity index (χ4v) is 12.2. The normalized spacial score (nSPS) is 23.2. The fraction of sp³-hybridized carbons (Fsp3) is 0.758. The van der Waals surface area contributed by atoms with Gasteiger partial charge in [-0.3, -0.25) is 33.6 Å². The molecule has 87 heavy (non-hydrogen) atoms. The Bertz CT molecular complexity index is 2450. The highest BCUT2D eigenvalue weighted by Gasteiger charge is 2.72. The maximum absolute atomic E-state index is 14.1. The summed E-state index contributed by atoms with van der Waals surface area (Å²) in [5, 5.41) is 29.3. The third-order valence-electron chi connectivity index (χ3n) is 17.6. The van der Waals surface area contributed by atoms with Crippen LogP contribution in [0.1, 0.15) is 173 Å². The molecule has 0 aromatic heterocycles. The molecule has 7 amide bonds. The number of allylic oxidation sites excluding steroid dienone is 1. The van der Waals surface area contributed by atoms with Crippen LogP contribution in [-0.4, -0.2) is 153 Å². The summed E-state index contributed by atoms with van der Waals surface area (Å²) < 4.78 is 30.1. The molecule has 2 aliphatic heterocycles. The number of benzene rings is 1. The summed E-state index contributed by atoms with van der Waals surface area (Å²) in [4.78, 5) is 108. The van der Waals surface area contributed by atoms with Gasteiger partial charge < -0.3 is 66.0 Å². The predicted octanol–water partition coefficient (Wildman–Crippen LogP) is 6.76.